The van der Waals surface area contributed by atoms with E-state index in [4.69, 9.17) is 4.74 Å². The van der Waals surface area contributed by atoms with Gasteiger partial charge in [0.1, 0.15) is 5.75 Å². The molecule has 0 fully saturated rings. The number of nitrogens with one attached hydrogen (secondary N) is 1. The van der Waals surface area contributed by atoms with E-state index in [0.29, 0.717) is 6.04 Å². The molecule has 0 aliphatic carbocycles. The Hall–Kier alpha value is -1.09. The van der Waals surface area contributed by atoms with Gasteiger partial charge in [0, 0.05) is 6.20 Å². The molecule has 0 aliphatic rings. The Morgan fingerprint density at radius 1 is 1.15 bits per heavy atom. The van der Waals surface area contributed by atoms with E-state index in [-0.39, 0.29) is 0 Å². The van der Waals surface area contributed by atoms with Crippen LogP contribution in [-0.4, -0.2) is 19.1 Å². The zero-order valence-corrected chi connectivity index (χ0v) is 13.3. The minimum Gasteiger partial charge on any atom is -0.495 e. The first-order valence-corrected chi connectivity index (χ1v) is 7.99. The summed E-state index contributed by atoms with van der Waals surface area (Å²) >= 11 is 0. The summed E-state index contributed by atoms with van der Waals surface area (Å²) in [5, 5.41) is 3.36. The predicted molar refractivity (Wildman–Crippen MR) is 85.2 cm³/mol. The fourth-order valence-electron chi connectivity index (χ4n) is 2.56. The first kappa shape index (κ1) is 17.0. The van der Waals surface area contributed by atoms with Crippen molar-refractivity contribution >= 4 is 0 Å². The number of hydrogen-bond acceptors (Lipinski definition) is 3. The first-order chi connectivity index (χ1) is 9.83. The Labute approximate surface area is 124 Å². The van der Waals surface area contributed by atoms with E-state index < -0.39 is 0 Å². The van der Waals surface area contributed by atoms with E-state index >= 15 is 0 Å². The fourth-order valence-corrected chi connectivity index (χ4v) is 2.56. The van der Waals surface area contributed by atoms with E-state index in [0.717, 1.165) is 17.9 Å². The number of unbranched alkanes of at least 4 members (excludes halogenated alkanes) is 6. The Morgan fingerprint density at radius 3 is 2.50 bits per heavy atom. The second-order valence-corrected chi connectivity index (χ2v) is 5.34. The zero-order valence-electron chi connectivity index (χ0n) is 13.3. The van der Waals surface area contributed by atoms with Gasteiger partial charge in [0.2, 0.25) is 0 Å². The molecule has 114 valence electrons. The van der Waals surface area contributed by atoms with Crippen LogP contribution in [0.3, 0.4) is 0 Å². The van der Waals surface area contributed by atoms with E-state index in [9.17, 15) is 0 Å². The number of rotatable bonds is 11. The van der Waals surface area contributed by atoms with Crippen LogP contribution < -0.4 is 10.1 Å². The second-order valence-electron chi connectivity index (χ2n) is 5.34. The minimum absolute atomic E-state index is 0.293. The van der Waals surface area contributed by atoms with Crippen molar-refractivity contribution in [3.63, 3.8) is 0 Å². The molecular formula is C17H30N2O. The topological polar surface area (TPSA) is 34.2 Å². The molecule has 1 rings (SSSR count). The molecular weight excluding hydrogens is 248 g/mol. The maximum absolute atomic E-state index is 5.40. The van der Waals surface area contributed by atoms with Gasteiger partial charge in [0.15, 0.2) is 0 Å². The Kier molecular flexibility index (Phi) is 9.05. The Bertz CT molecular complexity index is 355. The molecule has 1 atom stereocenters. The van der Waals surface area contributed by atoms with E-state index in [2.05, 4.69) is 17.2 Å². The Morgan fingerprint density at radius 2 is 1.85 bits per heavy atom. The van der Waals surface area contributed by atoms with E-state index in [1.807, 2.05) is 25.4 Å². The largest absolute Gasteiger partial charge is 0.495 e. The van der Waals surface area contributed by atoms with Gasteiger partial charge in [-0.3, -0.25) is 4.98 Å². The summed E-state index contributed by atoms with van der Waals surface area (Å²) in [6.07, 6.45) is 12.4. The van der Waals surface area contributed by atoms with Gasteiger partial charge >= 0.3 is 0 Å². The lowest BCUT2D eigenvalue weighted by Crippen LogP contribution is -2.18. The lowest BCUT2D eigenvalue weighted by Gasteiger charge is -2.18. The van der Waals surface area contributed by atoms with Crippen LogP contribution in [0.2, 0.25) is 0 Å². The molecule has 3 heteroatoms. The SMILES string of the molecule is CCCCCCCCCC(NC)c1ncccc1OC. The van der Waals surface area contributed by atoms with Gasteiger partial charge in [-0.2, -0.15) is 0 Å². The zero-order chi connectivity index (χ0) is 14.6. The van der Waals surface area contributed by atoms with Crippen LogP contribution in [0.25, 0.3) is 0 Å². The highest BCUT2D eigenvalue weighted by atomic mass is 16.5. The first-order valence-electron chi connectivity index (χ1n) is 7.99. The molecule has 1 aromatic rings. The van der Waals surface area contributed by atoms with Crippen LogP contribution >= 0.6 is 0 Å². The lowest BCUT2D eigenvalue weighted by atomic mass is 10.0. The average Bonchev–Trinajstić information content (AvgIpc) is 2.50. The van der Waals surface area contributed by atoms with Gasteiger partial charge in [0.05, 0.1) is 18.8 Å². The maximum atomic E-state index is 5.40. The molecule has 0 amide bonds. The molecule has 1 aromatic heterocycles. The number of aromatic nitrogens is 1. The molecule has 20 heavy (non-hydrogen) atoms. The number of hydrogen-bond donors (Lipinski definition) is 1. The number of ether oxygens (including phenoxy) is 1. The molecule has 0 saturated carbocycles. The van der Waals surface area contributed by atoms with Gasteiger partial charge in [-0.25, -0.2) is 0 Å². The standard InChI is InChI=1S/C17H30N2O/c1-4-5-6-7-8-9-10-12-15(18-2)17-16(20-3)13-11-14-19-17/h11,13-15,18H,4-10,12H2,1-3H3. The van der Waals surface area contributed by atoms with Crippen molar-refractivity contribution in [3.05, 3.63) is 24.0 Å². The van der Waals surface area contributed by atoms with Crippen LogP contribution in [0.15, 0.2) is 18.3 Å². The van der Waals surface area contributed by atoms with Crippen molar-refractivity contribution < 1.29 is 4.74 Å². The van der Waals surface area contributed by atoms with Gasteiger partial charge in [-0.15, -0.1) is 0 Å². The summed E-state index contributed by atoms with van der Waals surface area (Å²) in [5.74, 6) is 0.884. The molecule has 0 aliphatic heterocycles. The summed E-state index contributed by atoms with van der Waals surface area (Å²) in [5.41, 5.74) is 1.03. The molecule has 0 radical (unpaired) electrons. The summed E-state index contributed by atoms with van der Waals surface area (Å²) in [6.45, 7) is 2.26. The number of methoxy groups -OCH3 is 1. The van der Waals surface area contributed by atoms with Crippen molar-refractivity contribution in [2.24, 2.45) is 0 Å². The minimum atomic E-state index is 0.293. The van der Waals surface area contributed by atoms with Crippen molar-refractivity contribution in [1.82, 2.24) is 10.3 Å². The number of pyridine rings is 1. The summed E-state index contributed by atoms with van der Waals surface area (Å²) in [7, 11) is 3.71. The molecule has 1 heterocycles. The quantitative estimate of drug-likeness (QED) is 0.605. The summed E-state index contributed by atoms with van der Waals surface area (Å²) < 4.78 is 5.40. The highest BCUT2D eigenvalue weighted by Crippen LogP contribution is 2.26. The molecule has 1 unspecified atom stereocenters. The third-order valence-electron chi connectivity index (χ3n) is 3.79. The molecule has 0 aromatic carbocycles. The van der Waals surface area contributed by atoms with E-state index in [1.54, 1.807) is 7.11 Å². The highest BCUT2D eigenvalue weighted by molar-refractivity contribution is 5.29. The van der Waals surface area contributed by atoms with Crippen LogP contribution in [0, 0.1) is 0 Å². The molecule has 1 N–H and O–H groups in total. The fraction of sp³-hybridized carbons (Fsp3) is 0.706. The normalized spacial score (nSPS) is 12.3. The Balaban J connectivity index is 2.32. The van der Waals surface area contributed by atoms with Gasteiger partial charge < -0.3 is 10.1 Å². The third-order valence-corrected chi connectivity index (χ3v) is 3.79. The van der Waals surface area contributed by atoms with Crippen molar-refractivity contribution in [2.45, 2.75) is 64.3 Å². The highest BCUT2D eigenvalue weighted by Gasteiger charge is 2.14. The molecule has 3 nitrogen and oxygen atoms in total. The van der Waals surface area contributed by atoms with E-state index in [1.165, 1.54) is 44.9 Å². The third kappa shape index (κ3) is 5.91. The molecule has 0 saturated heterocycles. The van der Waals surface area contributed by atoms with Gasteiger partial charge in [-0.1, -0.05) is 51.9 Å². The average molecular weight is 278 g/mol. The lowest BCUT2D eigenvalue weighted by molar-refractivity contribution is 0.390. The second kappa shape index (κ2) is 10.7. The van der Waals surface area contributed by atoms with Crippen LogP contribution in [-0.2, 0) is 0 Å². The monoisotopic (exact) mass is 278 g/mol. The number of nitrogens with zero attached hydrogens (tertiary/aromatic N) is 1. The van der Waals surface area contributed by atoms with Crippen LogP contribution in [0.1, 0.15) is 70.0 Å². The molecule has 0 spiro atoms. The van der Waals surface area contributed by atoms with Gasteiger partial charge in [0.25, 0.3) is 0 Å². The molecule has 0 bridgehead atoms. The van der Waals surface area contributed by atoms with Crippen molar-refractivity contribution in [3.8, 4) is 5.75 Å². The van der Waals surface area contributed by atoms with Gasteiger partial charge in [-0.05, 0) is 25.6 Å². The smallest absolute Gasteiger partial charge is 0.141 e. The summed E-state index contributed by atoms with van der Waals surface area (Å²) in [4.78, 5) is 4.47. The van der Waals surface area contributed by atoms with Crippen molar-refractivity contribution in [2.75, 3.05) is 14.2 Å². The van der Waals surface area contributed by atoms with Crippen LogP contribution in [0.4, 0.5) is 0 Å². The predicted octanol–water partition coefficient (Wildman–Crippen LogP) is 4.49. The van der Waals surface area contributed by atoms with Crippen molar-refractivity contribution in [1.29, 1.82) is 0 Å². The van der Waals surface area contributed by atoms with Crippen LogP contribution in [0.5, 0.6) is 5.75 Å². The maximum Gasteiger partial charge on any atom is 0.141 e. The summed E-state index contributed by atoms with van der Waals surface area (Å²) in [6, 6.07) is 4.20.